The maximum Gasteiger partial charge on any atom is 0.161 e. The topological polar surface area (TPSA) is 37.8 Å². The molecule has 1 N–H and O–H groups in total. The molecule has 1 aromatic heterocycles. The molecule has 0 aliphatic rings. The number of aryl methyl sites for hydroxylation is 2. The van der Waals surface area contributed by atoms with Crippen LogP contribution >= 0.6 is 0 Å². The quantitative estimate of drug-likeness (QED) is 0.833. The third-order valence-corrected chi connectivity index (χ3v) is 2.55. The van der Waals surface area contributed by atoms with Crippen molar-refractivity contribution in [3.63, 3.8) is 0 Å². The first-order valence-electron chi connectivity index (χ1n) is 5.29. The molecule has 0 spiro atoms. The van der Waals surface area contributed by atoms with E-state index >= 15 is 0 Å². The number of benzene rings is 1. The summed E-state index contributed by atoms with van der Waals surface area (Å²) in [7, 11) is 1.86. The fourth-order valence-electron chi connectivity index (χ4n) is 1.60. The van der Waals surface area contributed by atoms with Gasteiger partial charge in [-0.15, -0.1) is 0 Å². The Labute approximate surface area is 95.6 Å². The van der Waals surface area contributed by atoms with Crippen LogP contribution in [0.25, 0.3) is 11.4 Å². The predicted octanol–water partition coefficient (Wildman–Crippen LogP) is 2.80. The molecule has 16 heavy (non-hydrogen) atoms. The van der Waals surface area contributed by atoms with Crippen LogP contribution in [0.2, 0.25) is 0 Å². The SMILES string of the molecule is CNc1ccnc(-c2cc(C)ccc2C)n1. The zero-order valence-electron chi connectivity index (χ0n) is 9.78. The van der Waals surface area contributed by atoms with Crippen LogP contribution in [0, 0.1) is 13.8 Å². The van der Waals surface area contributed by atoms with Crippen molar-refractivity contribution in [1.82, 2.24) is 9.97 Å². The van der Waals surface area contributed by atoms with E-state index in [1.165, 1.54) is 11.1 Å². The van der Waals surface area contributed by atoms with Crippen molar-refractivity contribution in [2.24, 2.45) is 0 Å². The van der Waals surface area contributed by atoms with E-state index in [2.05, 4.69) is 47.3 Å². The highest BCUT2D eigenvalue weighted by molar-refractivity contribution is 5.62. The van der Waals surface area contributed by atoms with Gasteiger partial charge in [0.25, 0.3) is 0 Å². The van der Waals surface area contributed by atoms with Crippen LogP contribution in [-0.4, -0.2) is 17.0 Å². The van der Waals surface area contributed by atoms with Crippen LogP contribution in [-0.2, 0) is 0 Å². The van der Waals surface area contributed by atoms with Gasteiger partial charge >= 0.3 is 0 Å². The Kier molecular flexibility index (Phi) is 2.86. The zero-order valence-corrected chi connectivity index (χ0v) is 9.78. The summed E-state index contributed by atoms with van der Waals surface area (Å²) >= 11 is 0. The van der Waals surface area contributed by atoms with E-state index in [1.807, 2.05) is 13.1 Å². The lowest BCUT2D eigenvalue weighted by Crippen LogP contribution is -1.97. The number of anilines is 1. The van der Waals surface area contributed by atoms with Gasteiger partial charge in [0, 0.05) is 18.8 Å². The molecule has 0 saturated carbocycles. The lowest BCUT2D eigenvalue weighted by molar-refractivity contribution is 1.16. The van der Waals surface area contributed by atoms with Crippen LogP contribution in [0.4, 0.5) is 5.82 Å². The molecular formula is C13H15N3. The summed E-state index contributed by atoms with van der Waals surface area (Å²) in [6.45, 7) is 4.15. The Balaban J connectivity index is 2.53. The van der Waals surface area contributed by atoms with Crippen molar-refractivity contribution < 1.29 is 0 Å². The van der Waals surface area contributed by atoms with Crippen LogP contribution in [0.5, 0.6) is 0 Å². The number of aromatic nitrogens is 2. The average molecular weight is 213 g/mol. The van der Waals surface area contributed by atoms with E-state index in [1.54, 1.807) is 6.20 Å². The number of nitrogens with one attached hydrogen (secondary N) is 1. The predicted molar refractivity (Wildman–Crippen MR) is 66.5 cm³/mol. The molecule has 0 bridgehead atoms. The minimum absolute atomic E-state index is 0.771. The molecule has 0 aliphatic heterocycles. The second kappa shape index (κ2) is 4.31. The largest absolute Gasteiger partial charge is 0.373 e. The Bertz CT molecular complexity index is 506. The van der Waals surface area contributed by atoms with Gasteiger partial charge in [0.05, 0.1) is 0 Å². The lowest BCUT2D eigenvalue weighted by Gasteiger charge is -2.07. The molecular weight excluding hydrogens is 198 g/mol. The Morgan fingerprint density at radius 2 is 1.94 bits per heavy atom. The molecule has 1 heterocycles. The first-order valence-corrected chi connectivity index (χ1v) is 5.29. The third-order valence-electron chi connectivity index (χ3n) is 2.55. The monoisotopic (exact) mass is 213 g/mol. The zero-order chi connectivity index (χ0) is 11.5. The van der Waals surface area contributed by atoms with Crippen molar-refractivity contribution in [2.45, 2.75) is 13.8 Å². The fourth-order valence-corrected chi connectivity index (χ4v) is 1.60. The minimum Gasteiger partial charge on any atom is -0.373 e. The smallest absolute Gasteiger partial charge is 0.161 e. The normalized spacial score (nSPS) is 10.2. The van der Waals surface area contributed by atoms with Crippen LogP contribution < -0.4 is 5.32 Å². The molecule has 0 radical (unpaired) electrons. The summed E-state index contributed by atoms with van der Waals surface area (Å²) in [4.78, 5) is 8.75. The lowest BCUT2D eigenvalue weighted by atomic mass is 10.1. The van der Waals surface area contributed by atoms with E-state index in [4.69, 9.17) is 0 Å². The molecule has 0 amide bonds. The summed E-state index contributed by atoms with van der Waals surface area (Å²) < 4.78 is 0. The molecule has 3 heteroatoms. The molecule has 1 aromatic carbocycles. The Morgan fingerprint density at radius 1 is 1.12 bits per heavy atom. The van der Waals surface area contributed by atoms with Crippen molar-refractivity contribution in [2.75, 3.05) is 12.4 Å². The molecule has 3 nitrogen and oxygen atoms in total. The van der Waals surface area contributed by atoms with E-state index in [0.717, 1.165) is 17.2 Å². The first-order chi connectivity index (χ1) is 7.70. The van der Waals surface area contributed by atoms with E-state index in [-0.39, 0.29) is 0 Å². The van der Waals surface area contributed by atoms with Gasteiger partial charge in [-0.05, 0) is 31.5 Å². The maximum absolute atomic E-state index is 4.44. The Hall–Kier alpha value is -1.90. The molecule has 0 aliphatic carbocycles. The number of hydrogen-bond donors (Lipinski definition) is 1. The van der Waals surface area contributed by atoms with Gasteiger partial charge in [-0.25, -0.2) is 9.97 Å². The van der Waals surface area contributed by atoms with E-state index in [9.17, 15) is 0 Å². The second-order valence-electron chi connectivity index (χ2n) is 3.83. The van der Waals surface area contributed by atoms with Crippen molar-refractivity contribution in [3.05, 3.63) is 41.6 Å². The molecule has 0 atom stereocenters. The minimum atomic E-state index is 0.771. The van der Waals surface area contributed by atoms with Crippen LogP contribution in [0.3, 0.4) is 0 Å². The van der Waals surface area contributed by atoms with Gasteiger partial charge in [0.15, 0.2) is 5.82 Å². The highest BCUT2D eigenvalue weighted by Crippen LogP contribution is 2.21. The van der Waals surface area contributed by atoms with Crippen molar-refractivity contribution in [3.8, 4) is 11.4 Å². The van der Waals surface area contributed by atoms with Crippen LogP contribution in [0.15, 0.2) is 30.5 Å². The van der Waals surface area contributed by atoms with Gasteiger partial charge in [-0.1, -0.05) is 17.7 Å². The summed E-state index contributed by atoms with van der Waals surface area (Å²) in [5, 5.41) is 3.02. The van der Waals surface area contributed by atoms with Crippen molar-refractivity contribution in [1.29, 1.82) is 0 Å². The molecule has 0 unspecified atom stereocenters. The maximum atomic E-state index is 4.44. The van der Waals surface area contributed by atoms with Gasteiger partial charge in [0.1, 0.15) is 5.82 Å². The number of nitrogens with zero attached hydrogens (tertiary/aromatic N) is 2. The molecule has 0 fully saturated rings. The third kappa shape index (κ3) is 2.03. The standard InChI is InChI=1S/C13H15N3/c1-9-4-5-10(2)11(8-9)13-15-7-6-12(14-3)16-13/h4-8H,1-3H3,(H,14,15,16). The van der Waals surface area contributed by atoms with Gasteiger partial charge in [0.2, 0.25) is 0 Å². The summed E-state index contributed by atoms with van der Waals surface area (Å²) in [6.07, 6.45) is 1.77. The van der Waals surface area contributed by atoms with Gasteiger partial charge in [-0.2, -0.15) is 0 Å². The van der Waals surface area contributed by atoms with Crippen molar-refractivity contribution >= 4 is 5.82 Å². The van der Waals surface area contributed by atoms with Gasteiger partial charge in [-0.3, -0.25) is 0 Å². The molecule has 2 rings (SSSR count). The molecule has 82 valence electrons. The average Bonchev–Trinajstić information content (AvgIpc) is 2.32. The number of rotatable bonds is 2. The summed E-state index contributed by atoms with van der Waals surface area (Å²) in [5.41, 5.74) is 3.51. The highest BCUT2D eigenvalue weighted by Gasteiger charge is 2.05. The number of hydrogen-bond acceptors (Lipinski definition) is 3. The summed E-state index contributed by atoms with van der Waals surface area (Å²) in [6, 6.07) is 8.17. The first kappa shape index (κ1) is 10.6. The second-order valence-corrected chi connectivity index (χ2v) is 3.83. The van der Waals surface area contributed by atoms with Crippen LogP contribution in [0.1, 0.15) is 11.1 Å². The van der Waals surface area contributed by atoms with E-state index < -0.39 is 0 Å². The Morgan fingerprint density at radius 3 is 2.69 bits per heavy atom. The highest BCUT2D eigenvalue weighted by atomic mass is 15.0. The summed E-state index contributed by atoms with van der Waals surface area (Å²) in [5.74, 6) is 1.61. The molecule has 2 aromatic rings. The fraction of sp³-hybridized carbons (Fsp3) is 0.231. The molecule has 0 saturated heterocycles. The van der Waals surface area contributed by atoms with E-state index in [0.29, 0.717) is 0 Å². The van der Waals surface area contributed by atoms with Gasteiger partial charge < -0.3 is 5.32 Å².